The molecule has 1 aliphatic heterocycles. The summed E-state index contributed by atoms with van der Waals surface area (Å²) < 4.78 is 16.5. The maximum atomic E-state index is 12.7. The maximum Gasteiger partial charge on any atom is 0.410 e. The lowest BCUT2D eigenvalue weighted by atomic mass is 9.97. The van der Waals surface area contributed by atoms with Gasteiger partial charge in [0.25, 0.3) is 0 Å². The van der Waals surface area contributed by atoms with E-state index in [2.05, 4.69) is 9.97 Å². The fourth-order valence-electron chi connectivity index (χ4n) is 4.28. The fraction of sp³-hybridized carbons (Fsp3) is 0.593. The van der Waals surface area contributed by atoms with Crippen molar-refractivity contribution in [1.29, 1.82) is 0 Å². The zero-order chi connectivity index (χ0) is 29.4. The van der Waals surface area contributed by atoms with Crippen LogP contribution in [0.3, 0.4) is 0 Å². The first kappa shape index (κ1) is 30.8. The van der Waals surface area contributed by atoms with Crippen LogP contribution in [0.5, 0.6) is 6.01 Å². The van der Waals surface area contributed by atoms with E-state index in [9.17, 15) is 20.0 Å². The van der Waals surface area contributed by atoms with Gasteiger partial charge < -0.3 is 34.9 Å². The second kappa shape index (κ2) is 13.6. The van der Waals surface area contributed by atoms with Crippen molar-refractivity contribution >= 4 is 23.4 Å². The molecule has 0 saturated heterocycles. The lowest BCUT2D eigenvalue weighted by Gasteiger charge is -2.32. The number of nitrogen functional groups attached to an aromatic ring is 1. The number of aromatic nitrogens is 2. The van der Waals surface area contributed by atoms with Crippen LogP contribution in [0.25, 0.3) is 0 Å². The number of aliphatic hydroxyl groups excluding tert-OH is 1. The van der Waals surface area contributed by atoms with Crippen molar-refractivity contribution in [1.82, 2.24) is 14.9 Å². The summed E-state index contributed by atoms with van der Waals surface area (Å²) in [7, 11) is 0. The molecule has 3 rings (SSSR count). The topological polar surface area (TPSA) is 166 Å². The lowest BCUT2D eigenvalue weighted by molar-refractivity contribution is -0.383. The van der Waals surface area contributed by atoms with Crippen molar-refractivity contribution in [3.05, 3.63) is 45.0 Å². The van der Waals surface area contributed by atoms with E-state index in [1.807, 2.05) is 45.9 Å². The molecule has 0 spiro atoms. The van der Waals surface area contributed by atoms with Crippen LogP contribution in [-0.2, 0) is 29.0 Å². The van der Waals surface area contributed by atoms with Crippen LogP contribution < -0.4 is 15.4 Å². The van der Waals surface area contributed by atoms with Crippen LogP contribution in [0.15, 0.2) is 18.2 Å². The zero-order valence-electron chi connectivity index (χ0n) is 23.9. The Morgan fingerprint density at radius 1 is 1.27 bits per heavy atom. The quantitative estimate of drug-likeness (QED) is 0.168. The molecule has 0 bridgehead atoms. The molecular formula is C27H40N6O7. The van der Waals surface area contributed by atoms with Crippen molar-refractivity contribution in [2.45, 2.75) is 78.9 Å². The molecule has 0 radical (unpaired) electrons. The Morgan fingerprint density at radius 3 is 2.67 bits per heavy atom. The number of carbonyl (C=O) groups is 1. The Kier molecular flexibility index (Phi) is 10.5. The number of hydrogen-bond acceptors (Lipinski definition) is 11. The minimum absolute atomic E-state index is 0.0825. The number of aliphatic hydroxyl groups is 1. The molecule has 0 aliphatic carbocycles. The van der Waals surface area contributed by atoms with E-state index in [0.29, 0.717) is 26.1 Å². The Bertz CT molecular complexity index is 1190. The predicted octanol–water partition coefficient (Wildman–Crippen LogP) is 3.80. The van der Waals surface area contributed by atoms with Crippen molar-refractivity contribution in [2.24, 2.45) is 0 Å². The van der Waals surface area contributed by atoms with Gasteiger partial charge in [-0.05, 0) is 57.2 Å². The Hall–Kier alpha value is -3.71. The highest BCUT2D eigenvalue weighted by atomic mass is 16.6. The maximum absolute atomic E-state index is 12.7. The van der Waals surface area contributed by atoms with Crippen LogP contribution in [0.4, 0.5) is 22.1 Å². The fourth-order valence-corrected chi connectivity index (χ4v) is 4.28. The highest BCUT2D eigenvalue weighted by Gasteiger charge is 2.30. The second-order valence-corrected chi connectivity index (χ2v) is 10.6. The monoisotopic (exact) mass is 560 g/mol. The standard InChI is InChI=1S/C27H40N6O7/c1-6-8-13-39-25-29-23(28)22(33(36)37)24(30-25)32(17-21(34)38-7-2)15-18-9-10-19-11-12-31(16-20(19)14-18)26(35)40-27(3,4)5/h9-10,14,21,34H,6-8,11-13,15-17H2,1-5H3,(H2,28,29,30). The van der Waals surface area contributed by atoms with Crippen LogP contribution in [-0.4, -0.2) is 69.2 Å². The number of anilines is 2. The Labute approximate surface area is 234 Å². The number of nitrogens with two attached hydrogens (primary N) is 1. The largest absolute Gasteiger partial charge is 0.463 e. The van der Waals surface area contributed by atoms with Gasteiger partial charge in [0.1, 0.15) is 5.60 Å². The van der Waals surface area contributed by atoms with Crippen molar-refractivity contribution in [3.63, 3.8) is 0 Å². The molecule has 1 aromatic heterocycles. The van der Waals surface area contributed by atoms with Crippen molar-refractivity contribution in [2.75, 3.05) is 36.9 Å². The SMILES string of the molecule is CCCCOc1nc(N)c([N+](=O)[O-])c(N(Cc2ccc3c(c2)CN(C(=O)OC(C)(C)C)CC3)CC(O)OCC)n1. The molecule has 3 N–H and O–H groups in total. The van der Waals surface area contributed by atoms with Gasteiger partial charge >= 0.3 is 17.8 Å². The number of unbranched alkanes of at least 4 members (excludes halogenated alkanes) is 1. The highest BCUT2D eigenvalue weighted by Crippen LogP contribution is 2.34. The molecule has 40 heavy (non-hydrogen) atoms. The normalized spacial score (nSPS) is 13.9. The first-order valence-electron chi connectivity index (χ1n) is 13.5. The summed E-state index contributed by atoms with van der Waals surface area (Å²) in [6.45, 7) is 10.7. The van der Waals surface area contributed by atoms with E-state index in [0.717, 1.165) is 29.5 Å². The van der Waals surface area contributed by atoms with E-state index in [1.54, 1.807) is 11.8 Å². The van der Waals surface area contributed by atoms with E-state index in [1.165, 1.54) is 4.90 Å². The third-order valence-electron chi connectivity index (χ3n) is 6.13. The predicted molar refractivity (Wildman–Crippen MR) is 149 cm³/mol. The molecule has 1 unspecified atom stereocenters. The summed E-state index contributed by atoms with van der Waals surface area (Å²) in [5.74, 6) is -0.424. The number of fused-ring (bicyclic) bond motifs is 1. The molecule has 1 aliphatic rings. The minimum atomic E-state index is -1.24. The molecule has 2 heterocycles. The van der Waals surface area contributed by atoms with Crippen molar-refractivity contribution < 1.29 is 29.0 Å². The third-order valence-corrected chi connectivity index (χ3v) is 6.13. The van der Waals surface area contributed by atoms with Gasteiger partial charge in [-0.25, -0.2) is 4.79 Å². The molecule has 13 nitrogen and oxygen atoms in total. The van der Waals surface area contributed by atoms with Gasteiger partial charge in [-0.3, -0.25) is 10.1 Å². The summed E-state index contributed by atoms with van der Waals surface area (Å²) in [6, 6.07) is 5.76. The summed E-state index contributed by atoms with van der Waals surface area (Å²) in [6.07, 6.45) is 0.676. The smallest absolute Gasteiger partial charge is 0.410 e. The van der Waals surface area contributed by atoms with Gasteiger partial charge in [-0.2, -0.15) is 9.97 Å². The van der Waals surface area contributed by atoms with E-state index in [-0.39, 0.29) is 43.4 Å². The molecule has 1 aromatic carbocycles. The third kappa shape index (κ3) is 8.39. The van der Waals surface area contributed by atoms with Gasteiger partial charge in [-0.1, -0.05) is 31.5 Å². The number of rotatable bonds is 12. The Morgan fingerprint density at radius 2 is 2.02 bits per heavy atom. The molecule has 2 aromatic rings. The Balaban J connectivity index is 1.95. The van der Waals surface area contributed by atoms with Gasteiger partial charge in [0.2, 0.25) is 11.6 Å². The number of carbonyl (C=O) groups excluding carboxylic acids is 1. The van der Waals surface area contributed by atoms with Crippen molar-refractivity contribution in [3.8, 4) is 6.01 Å². The van der Waals surface area contributed by atoms with E-state index >= 15 is 0 Å². The molecular weight excluding hydrogens is 520 g/mol. The second-order valence-electron chi connectivity index (χ2n) is 10.6. The lowest BCUT2D eigenvalue weighted by Crippen LogP contribution is -2.40. The number of benzene rings is 1. The van der Waals surface area contributed by atoms with Crippen LogP contribution in [0.1, 0.15) is 64.2 Å². The summed E-state index contributed by atoms with van der Waals surface area (Å²) in [5.41, 5.74) is 7.73. The molecule has 1 amide bonds. The first-order chi connectivity index (χ1) is 18.9. The number of nitrogens with zero attached hydrogens (tertiary/aromatic N) is 5. The van der Waals surface area contributed by atoms with E-state index in [4.69, 9.17) is 19.9 Å². The summed E-state index contributed by atoms with van der Waals surface area (Å²) in [4.78, 5) is 35.5. The molecule has 1 atom stereocenters. The first-order valence-corrected chi connectivity index (χ1v) is 13.5. The number of nitro groups is 1. The highest BCUT2D eigenvalue weighted by molar-refractivity contribution is 5.70. The summed E-state index contributed by atoms with van der Waals surface area (Å²) in [5, 5.41) is 22.5. The van der Waals surface area contributed by atoms with Gasteiger partial charge in [0, 0.05) is 26.2 Å². The van der Waals surface area contributed by atoms with Crippen LogP contribution in [0, 0.1) is 10.1 Å². The molecule has 13 heteroatoms. The number of hydrogen-bond donors (Lipinski definition) is 2. The van der Waals surface area contributed by atoms with Crippen LogP contribution >= 0.6 is 0 Å². The number of amides is 1. The molecule has 0 saturated carbocycles. The van der Waals surface area contributed by atoms with E-state index < -0.39 is 22.5 Å². The summed E-state index contributed by atoms with van der Waals surface area (Å²) >= 11 is 0. The average Bonchev–Trinajstić information content (AvgIpc) is 2.86. The van der Waals surface area contributed by atoms with Gasteiger partial charge in [0.05, 0.1) is 18.1 Å². The van der Waals surface area contributed by atoms with Crippen LogP contribution in [0.2, 0.25) is 0 Å². The van der Waals surface area contributed by atoms with Gasteiger partial charge in [0.15, 0.2) is 6.29 Å². The molecule has 0 fully saturated rings. The van der Waals surface area contributed by atoms with Gasteiger partial charge in [-0.15, -0.1) is 0 Å². The molecule has 220 valence electrons. The minimum Gasteiger partial charge on any atom is -0.463 e. The number of ether oxygens (including phenoxy) is 3. The average molecular weight is 561 g/mol. The zero-order valence-corrected chi connectivity index (χ0v) is 23.9.